The predicted molar refractivity (Wildman–Crippen MR) is 103 cm³/mol. The van der Waals surface area contributed by atoms with Crippen molar-refractivity contribution in [2.45, 2.75) is 18.9 Å². The Labute approximate surface area is 156 Å². The zero-order valence-electron chi connectivity index (χ0n) is 14.6. The van der Waals surface area contributed by atoms with E-state index in [1.165, 1.54) is 0 Å². The molecule has 1 unspecified atom stereocenters. The maximum atomic E-state index is 11.4. The molecule has 0 aliphatic carbocycles. The van der Waals surface area contributed by atoms with Gasteiger partial charge in [-0.05, 0) is 48.2 Å². The molecular formula is C22H19NO4. The van der Waals surface area contributed by atoms with Crippen LogP contribution < -0.4 is 10.1 Å². The summed E-state index contributed by atoms with van der Waals surface area (Å²) in [4.78, 5) is 11.4. The van der Waals surface area contributed by atoms with E-state index in [9.17, 15) is 15.0 Å². The fourth-order valence-corrected chi connectivity index (χ4v) is 3.23. The number of hydrogen-bond acceptors (Lipinski definition) is 4. The lowest BCUT2D eigenvalue weighted by Crippen LogP contribution is -2.09. The Morgan fingerprint density at radius 3 is 2.59 bits per heavy atom. The van der Waals surface area contributed by atoms with Crippen LogP contribution in [0, 0.1) is 0 Å². The molecule has 0 saturated carbocycles. The number of carbonyl (C=O) groups is 1. The molecule has 0 bridgehead atoms. The lowest BCUT2D eigenvalue weighted by Gasteiger charge is -2.23. The molecule has 27 heavy (non-hydrogen) atoms. The van der Waals surface area contributed by atoms with E-state index in [4.69, 9.17) is 4.74 Å². The minimum absolute atomic E-state index is 0.174. The highest BCUT2D eigenvalue weighted by molar-refractivity contribution is 5.98. The molecule has 1 heterocycles. The molecule has 4 rings (SSSR count). The van der Waals surface area contributed by atoms with Crippen molar-refractivity contribution in [3.05, 3.63) is 83.4 Å². The molecule has 0 amide bonds. The van der Waals surface area contributed by atoms with Crippen LogP contribution in [0.5, 0.6) is 11.5 Å². The highest BCUT2D eigenvalue weighted by Gasteiger charge is 2.22. The van der Waals surface area contributed by atoms with Crippen molar-refractivity contribution >= 4 is 17.3 Å². The third-order valence-corrected chi connectivity index (χ3v) is 4.67. The van der Waals surface area contributed by atoms with Crippen LogP contribution in [0.4, 0.5) is 11.4 Å². The molecule has 5 heteroatoms. The number of carboxylic acid groups (broad SMARTS) is 1. The standard InChI is InChI=1S/C22H19NO4/c24-18(15-5-2-1-3-6-15)12-10-14-9-11-17-20(13-14)27-19-8-4-7-16(22(25)26)21(19)23-17/h1-9,11,13,18,23-24H,10,12H2,(H,25,26). The Bertz CT molecular complexity index is 985. The van der Waals surface area contributed by atoms with Crippen molar-refractivity contribution < 1.29 is 19.7 Å². The van der Waals surface area contributed by atoms with E-state index < -0.39 is 12.1 Å². The molecule has 0 radical (unpaired) electrons. The van der Waals surface area contributed by atoms with Gasteiger partial charge in [0.05, 0.1) is 23.0 Å². The summed E-state index contributed by atoms with van der Waals surface area (Å²) < 4.78 is 5.91. The van der Waals surface area contributed by atoms with Gasteiger partial charge in [0.1, 0.15) is 0 Å². The van der Waals surface area contributed by atoms with Crippen molar-refractivity contribution in [3.63, 3.8) is 0 Å². The Hall–Kier alpha value is -3.31. The van der Waals surface area contributed by atoms with Crippen LogP contribution in [0.25, 0.3) is 0 Å². The summed E-state index contributed by atoms with van der Waals surface area (Å²) in [5, 5.41) is 22.8. The van der Waals surface area contributed by atoms with E-state index >= 15 is 0 Å². The first kappa shape index (κ1) is 17.1. The lowest BCUT2D eigenvalue weighted by atomic mass is 10.0. The van der Waals surface area contributed by atoms with E-state index in [1.54, 1.807) is 18.2 Å². The molecule has 1 atom stereocenters. The molecule has 3 aromatic carbocycles. The second-order valence-corrected chi connectivity index (χ2v) is 6.51. The number of aliphatic hydroxyl groups is 1. The smallest absolute Gasteiger partial charge is 0.337 e. The fourth-order valence-electron chi connectivity index (χ4n) is 3.23. The number of para-hydroxylation sites is 1. The van der Waals surface area contributed by atoms with Gasteiger partial charge in [-0.15, -0.1) is 0 Å². The van der Waals surface area contributed by atoms with Gasteiger partial charge in [0, 0.05) is 0 Å². The molecule has 0 aromatic heterocycles. The van der Waals surface area contributed by atoms with Gasteiger partial charge in [0.15, 0.2) is 11.5 Å². The number of carboxylic acids is 1. The van der Waals surface area contributed by atoms with Crippen LogP contribution in [-0.2, 0) is 6.42 Å². The van der Waals surface area contributed by atoms with Gasteiger partial charge >= 0.3 is 5.97 Å². The molecule has 0 fully saturated rings. The van der Waals surface area contributed by atoms with E-state index in [0.717, 1.165) is 16.8 Å². The van der Waals surface area contributed by atoms with Crippen molar-refractivity contribution in [2.24, 2.45) is 0 Å². The van der Waals surface area contributed by atoms with Gasteiger partial charge in [-0.25, -0.2) is 4.79 Å². The topological polar surface area (TPSA) is 78.8 Å². The van der Waals surface area contributed by atoms with E-state index in [-0.39, 0.29) is 5.56 Å². The van der Waals surface area contributed by atoms with Gasteiger partial charge in [-0.2, -0.15) is 0 Å². The third-order valence-electron chi connectivity index (χ3n) is 4.67. The van der Waals surface area contributed by atoms with Crippen molar-refractivity contribution in [1.29, 1.82) is 0 Å². The highest BCUT2D eigenvalue weighted by atomic mass is 16.5. The summed E-state index contributed by atoms with van der Waals surface area (Å²) in [7, 11) is 0. The number of ether oxygens (including phenoxy) is 1. The predicted octanol–water partition coefficient (Wildman–Crippen LogP) is 4.90. The average molecular weight is 361 g/mol. The summed E-state index contributed by atoms with van der Waals surface area (Å²) in [6, 6.07) is 20.3. The van der Waals surface area contributed by atoms with E-state index in [1.807, 2.05) is 48.5 Å². The molecule has 1 aliphatic heterocycles. The molecule has 5 nitrogen and oxygen atoms in total. The van der Waals surface area contributed by atoms with Crippen molar-refractivity contribution in [2.75, 3.05) is 5.32 Å². The first-order chi connectivity index (χ1) is 13.1. The Balaban J connectivity index is 1.51. The Kier molecular flexibility index (Phi) is 4.52. The van der Waals surface area contributed by atoms with Crippen LogP contribution in [-0.4, -0.2) is 16.2 Å². The molecule has 0 spiro atoms. The molecule has 1 aliphatic rings. The molecular weight excluding hydrogens is 342 g/mol. The molecule has 136 valence electrons. The van der Waals surface area contributed by atoms with Crippen LogP contribution in [0.2, 0.25) is 0 Å². The fraction of sp³-hybridized carbons (Fsp3) is 0.136. The van der Waals surface area contributed by atoms with Crippen LogP contribution in [0.15, 0.2) is 66.7 Å². The van der Waals surface area contributed by atoms with Crippen LogP contribution in [0.1, 0.15) is 34.0 Å². The monoisotopic (exact) mass is 361 g/mol. The molecule has 0 saturated heterocycles. The quantitative estimate of drug-likeness (QED) is 0.471. The third kappa shape index (κ3) is 3.50. The first-order valence-electron chi connectivity index (χ1n) is 8.79. The van der Waals surface area contributed by atoms with Crippen molar-refractivity contribution in [3.8, 4) is 11.5 Å². The lowest BCUT2D eigenvalue weighted by molar-refractivity contribution is 0.0697. The van der Waals surface area contributed by atoms with Gasteiger partial charge < -0.3 is 20.3 Å². The number of nitrogens with one attached hydrogen (secondary N) is 1. The summed E-state index contributed by atoms with van der Waals surface area (Å²) in [5.74, 6) is 0.138. The molecule has 3 aromatic rings. The maximum Gasteiger partial charge on any atom is 0.337 e. The van der Waals surface area contributed by atoms with Gasteiger partial charge in [-0.1, -0.05) is 42.5 Å². The highest BCUT2D eigenvalue weighted by Crippen LogP contribution is 2.44. The number of aliphatic hydroxyl groups excluding tert-OH is 1. The summed E-state index contributed by atoms with van der Waals surface area (Å²) >= 11 is 0. The zero-order chi connectivity index (χ0) is 18.8. The number of aromatic carboxylic acids is 1. The SMILES string of the molecule is O=C(O)c1cccc2c1Nc1ccc(CCC(O)c3ccccc3)cc1O2. The second-order valence-electron chi connectivity index (χ2n) is 6.51. The summed E-state index contributed by atoms with van der Waals surface area (Å²) in [6.45, 7) is 0. The first-order valence-corrected chi connectivity index (χ1v) is 8.79. The number of aryl methyl sites for hydroxylation is 1. The number of fused-ring (bicyclic) bond motifs is 2. The van der Waals surface area contributed by atoms with Crippen LogP contribution in [0.3, 0.4) is 0 Å². The van der Waals surface area contributed by atoms with Gasteiger partial charge in [0.2, 0.25) is 0 Å². The van der Waals surface area contributed by atoms with Crippen molar-refractivity contribution in [1.82, 2.24) is 0 Å². The maximum absolute atomic E-state index is 11.4. The van der Waals surface area contributed by atoms with Crippen LogP contribution >= 0.6 is 0 Å². The minimum atomic E-state index is -1.00. The number of hydrogen-bond donors (Lipinski definition) is 3. The zero-order valence-corrected chi connectivity index (χ0v) is 14.6. The van der Waals surface area contributed by atoms with Gasteiger partial charge in [0.25, 0.3) is 0 Å². The largest absolute Gasteiger partial charge is 0.478 e. The Morgan fingerprint density at radius 2 is 1.81 bits per heavy atom. The number of rotatable bonds is 5. The summed E-state index contributed by atoms with van der Waals surface area (Å²) in [5.41, 5.74) is 3.31. The average Bonchev–Trinajstić information content (AvgIpc) is 2.70. The number of anilines is 2. The normalized spacial score (nSPS) is 12.9. The van der Waals surface area contributed by atoms with Gasteiger partial charge in [-0.3, -0.25) is 0 Å². The van der Waals surface area contributed by atoms with E-state index in [0.29, 0.717) is 30.0 Å². The minimum Gasteiger partial charge on any atom is -0.478 e. The Morgan fingerprint density at radius 1 is 1.00 bits per heavy atom. The summed E-state index contributed by atoms with van der Waals surface area (Å²) in [6.07, 6.45) is 0.796. The molecule has 3 N–H and O–H groups in total. The number of benzene rings is 3. The van der Waals surface area contributed by atoms with E-state index in [2.05, 4.69) is 5.32 Å². The second kappa shape index (κ2) is 7.13.